The first kappa shape index (κ1) is 24.4. The molecule has 13 rings (SSSR count). The summed E-state index contributed by atoms with van der Waals surface area (Å²) in [6.45, 7) is 0.496. The highest BCUT2D eigenvalue weighted by Crippen LogP contribution is 2.43. The Hall–Kier alpha value is -5.73. The van der Waals surface area contributed by atoms with Gasteiger partial charge in [-0.2, -0.15) is 0 Å². The molecule has 48 heavy (non-hydrogen) atoms. The average Bonchev–Trinajstić information content (AvgIpc) is 3.66. The summed E-state index contributed by atoms with van der Waals surface area (Å²) in [5.41, 5.74) is 22.6. The van der Waals surface area contributed by atoms with E-state index < -0.39 is 0 Å². The Balaban J connectivity index is 1.24. The first-order chi connectivity index (χ1) is 23.8. The SMILES string of the molecule is c1ccc2c(c1)Cc1cccc3c1B2c1cccc2c4c(ccc5c6ccc7c8c6n(c54)-c4ccccc4B8c4ccccc4C7)n-3c12. The highest BCUT2D eigenvalue weighted by atomic mass is 15.0. The third kappa shape index (κ3) is 2.64. The molecule has 4 heteroatoms. The van der Waals surface area contributed by atoms with Crippen LogP contribution in [-0.4, -0.2) is 22.6 Å². The number of rotatable bonds is 0. The van der Waals surface area contributed by atoms with Crippen LogP contribution >= 0.6 is 0 Å². The van der Waals surface area contributed by atoms with E-state index in [2.05, 4.69) is 143 Å². The minimum atomic E-state index is 0.246. The van der Waals surface area contributed by atoms with Gasteiger partial charge in [0.25, 0.3) is 0 Å². The molecule has 0 atom stereocenters. The Labute approximate surface area is 278 Å². The first-order valence-corrected chi connectivity index (χ1v) is 17.3. The summed E-state index contributed by atoms with van der Waals surface area (Å²) in [5, 5.41) is 5.43. The quantitative estimate of drug-likeness (QED) is 0.207. The molecule has 4 aliphatic rings. The van der Waals surface area contributed by atoms with Crippen LogP contribution in [0.4, 0.5) is 0 Å². The van der Waals surface area contributed by atoms with Gasteiger partial charge in [-0.25, -0.2) is 0 Å². The van der Waals surface area contributed by atoms with Gasteiger partial charge in [0.2, 0.25) is 13.4 Å². The standard InChI is InChI=1S/C44H26B2N2/c1-3-13-32-26(10-1)24-28-19-20-30-29-21-22-37-39(43(29)48-36-17-6-5-15-34(36)45(32)41(28)44(30)48)31-12-8-16-35-42(31)47(37)38-18-7-11-27-23-25-9-2-4-14-33(25)46(35)40(27)38/h1-22H,23-24H2. The highest BCUT2D eigenvalue weighted by molar-refractivity contribution is 6.99. The van der Waals surface area contributed by atoms with Crippen LogP contribution in [0.1, 0.15) is 22.3 Å². The number of aromatic nitrogens is 2. The predicted molar refractivity (Wildman–Crippen MR) is 203 cm³/mol. The molecule has 0 fully saturated rings. The number of benzene rings is 7. The molecule has 0 spiro atoms. The molecule has 7 aromatic carbocycles. The van der Waals surface area contributed by atoms with E-state index in [0.29, 0.717) is 0 Å². The molecule has 0 radical (unpaired) electrons. The monoisotopic (exact) mass is 604 g/mol. The molecule has 0 saturated carbocycles. The third-order valence-corrected chi connectivity index (χ3v) is 12.3. The third-order valence-electron chi connectivity index (χ3n) is 12.3. The van der Waals surface area contributed by atoms with Gasteiger partial charge in [0, 0.05) is 44.0 Å². The van der Waals surface area contributed by atoms with Gasteiger partial charge in [-0.1, -0.05) is 126 Å². The molecule has 0 unspecified atom stereocenters. The molecule has 0 aliphatic carbocycles. The largest absolute Gasteiger partial charge is 0.310 e. The lowest BCUT2D eigenvalue weighted by molar-refractivity contribution is 1.14. The van der Waals surface area contributed by atoms with Crippen molar-refractivity contribution < 1.29 is 0 Å². The van der Waals surface area contributed by atoms with E-state index in [1.54, 1.807) is 0 Å². The Kier molecular flexibility index (Phi) is 4.18. The lowest BCUT2D eigenvalue weighted by atomic mass is 9.32. The molecule has 0 saturated heterocycles. The van der Waals surface area contributed by atoms with E-state index in [4.69, 9.17) is 0 Å². The fourth-order valence-electron chi connectivity index (χ4n) is 10.6. The van der Waals surface area contributed by atoms with Crippen LogP contribution in [0.3, 0.4) is 0 Å². The fraction of sp³-hybridized carbons (Fsp3) is 0.0455. The van der Waals surface area contributed by atoms with Gasteiger partial charge < -0.3 is 9.13 Å². The van der Waals surface area contributed by atoms with Gasteiger partial charge in [0.05, 0.1) is 11.0 Å². The second-order valence-corrected chi connectivity index (χ2v) is 14.3. The zero-order valence-electron chi connectivity index (χ0n) is 26.2. The number of fused-ring (bicyclic) bond motifs is 16. The molecule has 2 nitrogen and oxygen atoms in total. The van der Waals surface area contributed by atoms with Crippen molar-refractivity contribution in [3.05, 3.63) is 156 Å². The predicted octanol–water partition coefficient (Wildman–Crippen LogP) is 5.35. The van der Waals surface area contributed by atoms with E-state index in [9.17, 15) is 0 Å². The summed E-state index contributed by atoms with van der Waals surface area (Å²) in [6, 6.07) is 51.2. The Morgan fingerprint density at radius 1 is 0.375 bits per heavy atom. The van der Waals surface area contributed by atoms with Crippen molar-refractivity contribution in [2.24, 2.45) is 0 Å². The maximum atomic E-state index is 2.65. The smallest absolute Gasteiger partial charge is 0.247 e. The number of nitrogens with zero attached hydrogens (tertiary/aromatic N) is 2. The van der Waals surface area contributed by atoms with Gasteiger partial charge in [-0.3, -0.25) is 0 Å². The van der Waals surface area contributed by atoms with Crippen LogP contribution in [0.2, 0.25) is 0 Å². The molecule has 2 aromatic heterocycles. The van der Waals surface area contributed by atoms with E-state index in [-0.39, 0.29) is 13.4 Å². The fourth-order valence-corrected chi connectivity index (χ4v) is 10.6. The summed E-state index contributed by atoms with van der Waals surface area (Å²) in [5.74, 6) is 0. The van der Waals surface area contributed by atoms with Gasteiger partial charge in [-0.15, -0.1) is 0 Å². The molecular weight excluding hydrogens is 578 g/mol. The van der Waals surface area contributed by atoms with Crippen LogP contribution in [0, 0.1) is 0 Å². The molecule has 4 aliphatic heterocycles. The van der Waals surface area contributed by atoms with Crippen LogP contribution in [0.25, 0.3) is 55.0 Å². The van der Waals surface area contributed by atoms with Crippen molar-refractivity contribution in [3.8, 4) is 11.4 Å². The summed E-state index contributed by atoms with van der Waals surface area (Å²) < 4.78 is 5.26. The normalized spacial score (nSPS) is 14.4. The van der Waals surface area contributed by atoms with Crippen molar-refractivity contribution in [2.75, 3.05) is 0 Å². The summed E-state index contributed by atoms with van der Waals surface area (Å²) in [4.78, 5) is 0. The van der Waals surface area contributed by atoms with Crippen LogP contribution in [-0.2, 0) is 12.8 Å². The lowest BCUT2D eigenvalue weighted by Gasteiger charge is -2.33. The highest BCUT2D eigenvalue weighted by Gasteiger charge is 2.41. The van der Waals surface area contributed by atoms with Crippen molar-refractivity contribution in [2.45, 2.75) is 12.8 Å². The summed E-state index contributed by atoms with van der Waals surface area (Å²) in [6.07, 6.45) is 1.98. The van der Waals surface area contributed by atoms with Gasteiger partial charge >= 0.3 is 0 Å². The van der Waals surface area contributed by atoms with Crippen molar-refractivity contribution in [1.82, 2.24) is 9.13 Å². The maximum Gasteiger partial charge on any atom is 0.247 e. The zero-order chi connectivity index (χ0) is 30.8. The Morgan fingerprint density at radius 2 is 0.979 bits per heavy atom. The van der Waals surface area contributed by atoms with Crippen molar-refractivity contribution in [3.63, 3.8) is 0 Å². The second kappa shape index (κ2) is 8.21. The molecule has 218 valence electrons. The topological polar surface area (TPSA) is 9.86 Å². The average molecular weight is 604 g/mol. The van der Waals surface area contributed by atoms with E-state index in [1.807, 2.05) is 0 Å². The molecule has 0 amide bonds. The Bertz CT molecular complexity index is 2980. The lowest BCUT2D eigenvalue weighted by Crippen LogP contribution is -2.60. The molecule has 0 bridgehead atoms. The van der Waals surface area contributed by atoms with E-state index >= 15 is 0 Å². The molecular formula is C44H26B2N2. The molecule has 0 N–H and O–H groups in total. The minimum Gasteiger partial charge on any atom is -0.310 e. The van der Waals surface area contributed by atoms with Crippen LogP contribution < -0.4 is 32.8 Å². The molecule has 9 aromatic rings. The number of hydrogen-bond donors (Lipinski definition) is 0. The van der Waals surface area contributed by atoms with E-state index in [0.717, 1.165) is 12.8 Å². The van der Waals surface area contributed by atoms with Crippen LogP contribution in [0.15, 0.2) is 133 Å². The summed E-state index contributed by atoms with van der Waals surface area (Å²) in [7, 11) is 0. The van der Waals surface area contributed by atoms with Gasteiger partial charge in [0.1, 0.15) is 0 Å². The maximum absolute atomic E-state index is 2.65. The van der Waals surface area contributed by atoms with Crippen LogP contribution in [0.5, 0.6) is 0 Å². The summed E-state index contributed by atoms with van der Waals surface area (Å²) >= 11 is 0. The first-order valence-electron chi connectivity index (χ1n) is 17.3. The number of hydrogen-bond acceptors (Lipinski definition) is 0. The Morgan fingerprint density at radius 3 is 1.81 bits per heavy atom. The van der Waals surface area contributed by atoms with Crippen molar-refractivity contribution >= 4 is 89.8 Å². The van der Waals surface area contributed by atoms with Gasteiger partial charge in [-0.05, 0) is 75.1 Å². The van der Waals surface area contributed by atoms with Gasteiger partial charge in [0.15, 0.2) is 0 Å². The van der Waals surface area contributed by atoms with Crippen molar-refractivity contribution in [1.29, 1.82) is 0 Å². The zero-order valence-corrected chi connectivity index (χ0v) is 26.2. The second-order valence-electron chi connectivity index (χ2n) is 14.3. The minimum absolute atomic E-state index is 0.246. The number of para-hydroxylation sites is 2. The van der Waals surface area contributed by atoms with E-state index in [1.165, 1.54) is 110 Å². The molecule has 6 heterocycles.